The minimum absolute atomic E-state index is 0.0686. The van der Waals surface area contributed by atoms with E-state index in [1.165, 1.54) is 0 Å². The van der Waals surface area contributed by atoms with Gasteiger partial charge in [-0.05, 0) is 18.8 Å². The van der Waals surface area contributed by atoms with E-state index in [-0.39, 0.29) is 18.3 Å². The molecule has 4 atom stereocenters. The van der Waals surface area contributed by atoms with Crippen LogP contribution in [0.2, 0.25) is 0 Å². The normalized spacial score (nSPS) is 14.8. The van der Waals surface area contributed by atoms with Crippen molar-refractivity contribution < 1.29 is 29.4 Å². The summed E-state index contributed by atoms with van der Waals surface area (Å²) < 4.78 is 0. The van der Waals surface area contributed by atoms with E-state index in [0.717, 1.165) is 0 Å². The van der Waals surface area contributed by atoms with Gasteiger partial charge in [-0.2, -0.15) is 0 Å². The van der Waals surface area contributed by atoms with E-state index in [4.69, 9.17) is 27.4 Å². The molecule has 12 nitrogen and oxygen atoms in total. The monoisotopic (exact) mass is 402 g/mol. The van der Waals surface area contributed by atoms with Crippen LogP contribution < -0.4 is 27.8 Å². The van der Waals surface area contributed by atoms with Gasteiger partial charge in [-0.25, -0.2) is 4.79 Å². The molecule has 12 heteroatoms. The molecular formula is C16H30N6O6. The highest BCUT2D eigenvalue weighted by Gasteiger charge is 2.31. The van der Waals surface area contributed by atoms with Gasteiger partial charge in [0.25, 0.3) is 0 Å². The van der Waals surface area contributed by atoms with Crippen molar-refractivity contribution in [3.8, 4) is 0 Å². The largest absolute Gasteiger partial charge is 0.481 e. The van der Waals surface area contributed by atoms with Crippen molar-refractivity contribution in [3.05, 3.63) is 0 Å². The fourth-order valence-electron chi connectivity index (χ4n) is 2.25. The molecule has 10 N–H and O–H groups in total. The average Bonchev–Trinajstić information content (AvgIpc) is 2.60. The third-order valence-corrected chi connectivity index (χ3v) is 4.09. The quantitative estimate of drug-likeness (QED) is 0.102. The summed E-state index contributed by atoms with van der Waals surface area (Å²) in [5, 5.41) is 22.5. The zero-order chi connectivity index (χ0) is 21.9. The third kappa shape index (κ3) is 9.71. The van der Waals surface area contributed by atoms with E-state index in [0.29, 0.717) is 19.4 Å². The lowest BCUT2D eigenvalue weighted by Crippen LogP contribution is -2.56. The summed E-state index contributed by atoms with van der Waals surface area (Å²) in [4.78, 5) is 50.4. The topological polar surface area (TPSA) is 223 Å². The molecule has 0 saturated carbocycles. The minimum atomic E-state index is -1.61. The van der Waals surface area contributed by atoms with Crippen LogP contribution in [0.15, 0.2) is 4.99 Å². The van der Waals surface area contributed by atoms with E-state index in [1.807, 2.05) is 0 Å². The molecule has 0 bridgehead atoms. The first-order chi connectivity index (χ1) is 13.0. The predicted molar refractivity (Wildman–Crippen MR) is 101 cm³/mol. The lowest BCUT2D eigenvalue weighted by atomic mass is 9.97. The van der Waals surface area contributed by atoms with Gasteiger partial charge >= 0.3 is 11.9 Å². The van der Waals surface area contributed by atoms with Crippen LogP contribution in [0.3, 0.4) is 0 Å². The Morgan fingerprint density at radius 3 is 2.14 bits per heavy atom. The van der Waals surface area contributed by atoms with Gasteiger partial charge in [0, 0.05) is 6.54 Å². The smallest absolute Gasteiger partial charge is 0.326 e. The number of nitrogens with one attached hydrogen (secondary N) is 2. The number of carbonyl (C=O) groups excluding carboxylic acids is 2. The fourth-order valence-corrected chi connectivity index (χ4v) is 2.25. The van der Waals surface area contributed by atoms with Crippen LogP contribution in [0.4, 0.5) is 0 Å². The standard InChI is InChI=1S/C16H30N6O6/c1-3-8(2)12(14(26)21-10(15(27)28)7-11(23)24)22-13(25)9(17)5-4-6-20-16(18)19/h8-10,12H,3-7,17H2,1-2H3,(H,21,26)(H,22,25)(H,23,24)(H,27,28)(H4,18,19,20)/t8-,9-,10-,12-/m0/s1. The van der Waals surface area contributed by atoms with Gasteiger partial charge in [0.2, 0.25) is 11.8 Å². The number of hydrogen-bond acceptors (Lipinski definition) is 6. The Morgan fingerprint density at radius 2 is 1.68 bits per heavy atom. The summed E-state index contributed by atoms with van der Waals surface area (Å²) in [5.74, 6) is -4.64. The lowest BCUT2D eigenvalue weighted by Gasteiger charge is -2.26. The molecule has 0 aliphatic carbocycles. The molecule has 0 aromatic heterocycles. The van der Waals surface area contributed by atoms with Crippen molar-refractivity contribution >= 4 is 29.7 Å². The van der Waals surface area contributed by atoms with Crippen LogP contribution in [-0.2, 0) is 19.2 Å². The van der Waals surface area contributed by atoms with E-state index < -0.39 is 48.3 Å². The zero-order valence-corrected chi connectivity index (χ0v) is 16.1. The number of carboxylic acid groups (broad SMARTS) is 2. The number of carbonyl (C=O) groups is 4. The van der Waals surface area contributed by atoms with Crippen LogP contribution in [0, 0.1) is 5.92 Å². The molecular weight excluding hydrogens is 372 g/mol. The SMILES string of the molecule is CC[C@H](C)[C@H](NC(=O)[C@@H](N)CCCN=C(N)N)C(=O)N[C@@H](CC(=O)O)C(=O)O. The van der Waals surface area contributed by atoms with E-state index in [1.54, 1.807) is 13.8 Å². The van der Waals surface area contributed by atoms with Crippen molar-refractivity contribution in [3.63, 3.8) is 0 Å². The first-order valence-electron chi connectivity index (χ1n) is 8.85. The third-order valence-electron chi connectivity index (χ3n) is 4.09. The Kier molecular flexibility index (Phi) is 11.2. The lowest BCUT2D eigenvalue weighted by molar-refractivity contribution is -0.147. The maximum atomic E-state index is 12.5. The van der Waals surface area contributed by atoms with Gasteiger partial charge in [0.15, 0.2) is 5.96 Å². The van der Waals surface area contributed by atoms with E-state index in [2.05, 4.69) is 15.6 Å². The highest BCUT2D eigenvalue weighted by Crippen LogP contribution is 2.10. The first-order valence-corrected chi connectivity index (χ1v) is 8.85. The summed E-state index contributed by atoms with van der Waals surface area (Å²) in [6.07, 6.45) is 0.446. The number of carboxylic acids is 2. The zero-order valence-electron chi connectivity index (χ0n) is 16.1. The van der Waals surface area contributed by atoms with E-state index >= 15 is 0 Å². The molecule has 0 unspecified atom stereocenters. The highest BCUT2D eigenvalue weighted by atomic mass is 16.4. The van der Waals surface area contributed by atoms with Crippen molar-refractivity contribution in [2.75, 3.05) is 6.54 Å². The van der Waals surface area contributed by atoms with Crippen LogP contribution in [0.1, 0.15) is 39.5 Å². The van der Waals surface area contributed by atoms with Crippen molar-refractivity contribution in [2.45, 2.75) is 57.7 Å². The molecule has 160 valence electrons. The number of nitrogens with two attached hydrogens (primary N) is 3. The molecule has 0 aromatic rings. The second-order valence-electron chi connectivity index (χ2n) is 6.42. The maximum absolute atomic E-state index is 12.5. The van der Waals surface area contributed by atoms with Crippen LogP contribution in [0.25, 0.3) is 0 Å². The summed E-state index contributed by atoms with van der Waals surface area (Å²) in [5.41, 5.74) is 16.2. The maximum Gasteiger partial charge on any atom is 0.326 e. The first kappa shape index (κ1) is 25.1. The van der Waals surface area contributed by atoms with E-state index in [9.17, 15) is 19.2 Å². The molecule has 0 rings (SSSR count). The molecule has 0 aromatic carbocycles. The summed E-state index contributed by atoms with van der Waals surface area (Å²) >= 11 is 0. The number of nitrogens with zero attached hydrogens (tertiary/aromatic N) is 1. The van der Waals surface area contributed by atoms with Gasteiger partial charge in [0.05, 0.1) is 12.5 Å². The van der Waals surface area contributed by atoms with Gasteiger partial charge < -0.3 is 38.0 Å². The Hall–Kier alpha value is -2.89. The Balaban J connectivity index is 4.98. The molecule has 0 heterocycles. The Labute approximate surface area is 162 Å². The molecule has 2 amide bonds. The number of hydrogen-bond donors (Lipinski definition) is 7. The molecule has 0 fully saturated rings. The molecule has 0 aliphatic rings. The Morgan fingerprint density at radius 1 is 1.07 bits per heavy atom. The minimum Gasteiger partial charge on any atom is -0.481 e. The van der Waals surface area contributed by atoms with Gasteiger partial charge in [-0.3, -0.25) is 19.4 Å². The second-order valence-corrected chi connectivity index (χ2v) is 6.42. The molecule has 0 radical (unpaired) electrons. The average molecular weight is 402 g/mol. The highest BCUT2D eigenvalue weighted by molar-refractivity contribution is 5.92. The number of aliphatic imine (C=N–C) groups is 1. The Bertz CT molecular complexity index is 592. The predicted octanol–water partition coefficient (Wildman–Crippen LogP) is -2.06. The van der Waals surface area contributed by atoms with Gasteiger partial charge in [-0.15, -0.1) is 0 Å². The van der Waals surface area contributed by atoms with Crippen LogP contribution in [-0.4, -0.2) is 64.6 Å². The van der Waals surface area contributed by atoms with Gasteiger partial charge in [-0.1, -0.05) is 20.3 Å². The number of aliphatic carboxylic acids is 2. The van der Waals surface area contributed by atoms with Gasteiger partial charge in [0.1, 0.15) is 12.1 Å². The van der Waals surface area contributed by atoms with Crippen molar-refractivity contribution in [1.82, 2.24) is 10.6 Å². The number of amides is 2. The van der Waals surface area contributed by atoms with Crippen LogP contribution >= 0.6 is 0 Å². The molecule has 0 saturated heterocycles. The molecule has 0 aliphatic heterocycles. The molecule has 0 spiro atoms. The second kappa shape index (κ2) is 12.5. The molecule has 28 heavy (non-hydrogen) atoms. The summed E-state index contributed by atoms with van der Waals surface area (Å²) in [6, 6.07) is -3.58. The summed E-state index contributed by atoms with van der Waals surface area (Å²) in [6.45, 7) is 3.79. The van der Waals surface area contributed by atoms with Crippen LogP contribution in [0.5, 0.6) is 0 Å². The fraction of sp³-hybridized carbons (Fsp3) is 0.688. The summed E-state index contributed by atoms with van der Waals surface area (Å²) in [7, 11) is 0. The number of guanidine groups is 1. The number of rotatable bonds is 13. The van der Waals surface area contributed by atoms with Crippen molar-refractivity contribution in [1.29, 1.82) is 0 Å². The van der Waals surface area contributed by atoms with Crippen molar-refractivity contribution in [2.24, 2.45) is 28.1 Å².